The van der Waals surface area contributed by atoms with Crippen LogP contribution in [0.4, 0.5) is 0 Å². The molecule has 3 nitrogen and oxygen atoms in total. The summed E-state index contributed by atoms with van der Waals surface area (Å²) >= 11 is 0. The monoisotopic (exact) mass is 202 g/mol. The van der Waals surface area contributed by atoms with E-state index in [2.05, 4.69) is 9.97 Å². The lowest BCUT2D eigenvalue weighted by molar-refractivity contribution is -0.119. The molecule has 0 radical (unpaired) electrons. The van der Waals surface area contributed by atoms with Crippen LogP contribution in [0.25, 0.3) is 0 Å². The number of rotatable bonds is 4. The average molecular weight is 202 g/mol. The van der Waals surface area contributed by atoms with Crippen LogP contribution >= 0.6 is 0 Å². The lowest BCUT2D eigenvalue weighted by Crippen LogP contribution is -2.06. The van der Waals surface area contributed by atoms with Crippen molar-refractivity contribution in [3.05, 3.63) is 23.8 Å². The molecular formula is C12H14N2O. The molecule has 0 spiro atoms. The third-order valence-corrected chi connectivity index (χ3v) is 3.08. The number of aromatic nitrogens is 2. The van der Waals surface area contributed by atoms with E-state index in [1.165, 1.54) is 12.8 Å². The van der Waals surface area contributed by atoms with Crippen LogP contribution in [0.1, 0.15) is 43.0 Å². The number of ketones is 1. The van der Waals surface area contributed by atoms with Gasteiger partial charge in [0.15, 0.2) is 0 Å². The lowest BCUT2D eigenvalue weighted by atomic mass is 10.1. The summed E-state index contributed by atoms with van der Waals surface area (Å²) in [5.74, 6) is 2.25. The maximum absolute atomic E-state index is 11.6. The summed E-state index contributed by atoms with van der Waals surface area (Å²) in [6.45, 7) is 0. The van der Waals surface area contributed by atoms with Crippen LogP contribution in [-0.2, 0) is 11.2 Å². The quantitative estimate of drug-likeness (QED) is 0.748. The van der Waals surface area contributed by atoms with Gasteiger partial charge in [0.05, 0.1) is 0 Å². The highest BCUT2D eigenvalue weighted by Gasteiger charge is 2.29. The number of nitrogens with zero attached hydrogens (tertiary/aromatic N) is 2. The smallest absolute Gasteiger partial charge is 0.140 e. The van der Waals surface area contributed by atoms with Gasteiger partial charge in [-0.1, -0.05) is 0 Å². The molecule has 0 aliphatic heterocycles. The standard InChI is InChI=1S/C12H14N2O/c15-11(9-1-2-9)5-8-6-13-12(14-7-8)10-3-4-10/h6-7,9-10H,1-5H2. The van der Waals surface area contributed by atoms with E-state index in [0.29, 0.717) is 24.0 Å². The fourth-order valence-electron chi connectivity index (χ4n) is 1.76. The Kier molecular flexibility index (Phi) is 2.04. The predicted molar refractivity (Wildman–Crippen MR) is 55.4 cm³/mol. The number of carbonyl (C=O) groups is 1. The van der Waals surface area contributed by atoms with Gasteiger partial charge >= 0.3 is 0 Å². The first-order valence-electron chi connectivity index (χ1n) is 5.66. The Morgan fingerprint density at radius 3 is 2.40 bits per heavy atom. The second-order valence-corrected chi connectivity index (χ2v) is 4.64. The van der Waals surface area contributed by atoms with Crippen molar-refractivity contribution in [3.63, 3.8) is 0 Å². The van der Waals surface area contributed by atoms with Crippen LogP contribution in [0.15, 0.2) is 12.4 Å². The molecule has 2 aliphatic rings. The molecule has 0 unspecified atom stereocenters. The van der Waals surface area contributed by atoms with E-state index in [0.717, 1.165) is 24.2 Å². The molecule has 0 bridgehead atoms. The molecule has 2 aliphatic carbocycles. The first kappa shape index (κ1) is 9.01. The van der Waals surface area contributed by atoms with Crippen molar-refractivity contribution in [1.82, 2.24) is 9.97 Å². The molecule has 0 atom stereocenters. The Bertz CT molecular complexity index is 377. The van der Waals surface area contributed by atoms with Gasteiger partial charge in [-0.05, 0) is 31.2 Å². The first-order chi connectivity index (χ1) is 7.33. The van der Waals surface area contributed by atoms with E-state index in [1.54, 1.807) is 0 Å². The predicted octanol–water partition coefficient (Wildman–Crippen LogP) is 1.88. The van der Waals surface area contributed by atoms with E-state index < -0.39 is 0 Å². The van der Waals surface area contributed by atoms with Gasteiger partial charge in [-0.15, -0.1) is 0 Å². The van der Waals surface area contributed by atoms with Crippen molar-refractivity contribution >= 4 is 5.78 Å². The molecule has 0 saturated heterocycles. The zero-order valence-electron chi connectivity index (χ0n) is 8.65. The van der Waals surface area contributed by atoms with Crippen molar-refractivity contribution in [1.29, 1.82) is 0 Å². The highest BCUT2D eigenvalue weighted by Crippen LogP contribution is 2.37. The topological polar surface area (TPSA) is 42.9 Å². The zero-order valence-corrected chi connectivity index (χ0v) is 8.65. The average Bonchev–Trinajstić information content (AvgIpc) is 3.11. The van der Waals surface area contributed by atoms with E-state index in [9.17, 15) is 4.79 Å². The summed E-state index contributed by atoms with van der Waals surface area (Å²) in [6, 6.07) is 0. The van der Waals surface area contributed by atoms with Crippen LogP contribution in [0, 0.1) is 5.92 Å². The molecule has 0 N–H and O–H groups in total. The van der Waals surface area contributed by atoms with Gasteiger partial charge < -0.3 is 0 Å². The molecule has 78 valence electrons. The van der Waals surface area contributed by atoms with Gasteiger partial charge in [-0.3, -0.25) is 4.79 Å². The molecule has 2 saturated carbocycles. The molecule has 0 aromatic carbocycles. The Morgan fingerprint density at radius 1 is 1.20 bits per heavy atom. The molecule has 2 fully saturated rings. The second-order valence-electron chi connectivity index (χ2n) is 4.64. The number of carbonyl (C=O) groups excluding carboxylic acids is 1. The van der Waals surface area contributed by atoms with Crippen LogP contribution in [0.3, 0.4) is 0 Å². The number of hydrogen-bond acceptors (Lipinski definition) is 3. The maximum atomic E-state index is 11.6. The normalized spacial score (nSPS) is 20.3. The van der Waals surface area contributed by atoms with Crippen molar-refractivity contribution < 1.29 is 4.79 Å². The Balaban J connectivity index is 1.66. The minimum absolute atomic E-state index is 0.341. The van der Waals surface area contributed by atoms with Gasteiger partial charge in [-0.25, -0.2) is 9.97 Å². The van der Waals surface area contributed by atoms with Gasteiger partial charge in [-0.2, -0.15) is 0 Å². The summed E-state index contributed by atoms with van der Waals surface area (Å²) in [6.07, 6.45) is 8.78. The maximum Gasteiger partial charge on any atom is 0.140 e. The summed E-state index contributed by atoms with van der Waals surface area (Å²) in [5, 5.41) is 0. The first-order valence-corrected chi connectivity index (χ1v) is 5.66. The van der Waals surface area contributed by atoms with E-state index >= 15 is 0 Å². The third kappa shape index (κ3) is 2.06. The van der Waals surface area contributed by atoms with Crippen LogP contribution < -0.4 is 0 Å². The lowest BCUT2D eigenvalue weighted by Gasteiger charge is -2.00. The van der Waals surface area contributed by atoms with E-state index in [1.807, 2.05) is 12.4 Å². The fraction of sp³-hybridized carbons (Fsp3) is 0.583. The SMILES string of the molecule is O=C(Cc1cnc(C2CC2)nc1)C1CC1. The van der Waals surface area contributed by atoms with Gasteiger partial charge in [0.1, 0.15) is 11.6 Å². The zero-order chi connectivity index (χ0) is 10.3. The summed E-state index contributed by atoms with van der Waals surface area (Å²) < 4.78 is 0. The Labute approximate surface area is 88.9 Å². The second kappa shape index (κ2) is 3.40. The molecule has 3 rings (SSSR count). The Morgan fingerprint density at radius 2 is 1.87 bits per heavy atom. The minimum atomic E-state index is 0.341. The molecule has 3 heteroatoms. The molecular weight excluding hydrogens is 188 g/mol. The van der Waals surface area contributed by atoms with E-state index in [4.69, 9.17) is 0 Å². The number of Topliss-reactive ketones (excluding diaryl/α,β-unsaturated/α-hetero) is 1. The van der Waals surface area contributed by atoms with Crippen molar-refractivity contribution in [2.45, 2.75) is 38.0 Å². The Hall–Kier alpha value is -1.25. The summed E-state index contributed by atoms with van der Waals surface area (Å²) in [5.41, 5.74) is 0.969. The van der Waals surface area contributed by atoms with Crippen molar-refractivity contribution in [3.8, 4) is 0 Å². The highest BCUT2D eigenvalue weighted by molar-refractivity contribution is 5.85. The summed E-state index contributed by atoms with van der Waals surface area (Å²) in [7, 11) is 0. The fourth-order valence-corrected chi connectivity index (χ4v) is 1.76. The molecule has 0 amide bonds. The third-order valence-electron chi connectivity index (χ3n) is 3.08. The highest BCUT2D eigenvalue weighted by atomic mass is 16.1. The van der Waals surface area contributed by atoms with Crippen LogP contribution in [0.5, 0.6) is 0 Å². The van der Waals surface area contributed by atoms with Gasteiger partial charge in [0.2, 0.25) is 0 Å². The number of hydrogen-bond donors (Lipinski definition) is 0. The van der Waals surface area contributed by atoms with Gasteiger partial charge in [0.25, 0.3) is 0 Å². The molecule has 1 heterocycles. The molecule has 1 aromatic rings. The molecule has 15 heavy (non-hydrogen) atoms. The van der Waals surface area contributed by atoms with Crippen molar-refractivity contribution in [2.24, 2.45) is 5.92 Å². The van der Waals surface area contributed by atoms with Crippen LogP contribution in [-0.4, -0.2) is 15.8 Å². The van der Waals surface area contributed by atoms with Crippen LogP contribution in [0.2, 0.25) is 0 Å². The largest absolute Gasteiger partial charge is 0.299 e. The molecule has 1 aromatic heterocycles. The minimum Gasteiger partial charge on any atom is -0.299 e. The van der Waals surface area contributed by atoms with Gasteiger partial charge in [0, 0.05) is 30.7 Å². The van der Waals surface area contributed by atoms with Crippen molar-refractivity contribution in [2.75, 3.05) is 0 Å². The summed E-state index contributed by atoms with van der Waals surface area (Å²) in [4.78, 5) is 20.2. The van der Waals surface area contributed by atoms with E-state index in [-0.39, 0.29) is 0 Å².